The molecular weight excluding hydrogens is 358 g/mol. The van der Waals surface area contributed by atoms with E-state index in [1.54, 1.807) is 35.9 Å². The lowest BCUT2D eigenvalue weighted by molar-refractivity contribution is 1.01. The largest absolute Gasteiger partial charge is 0.380 e. The van der Waals surface area contributed by atoms with Crippen molar-refractivity contribution in [1.82, 2.24) is 4.98 Å². The van der Waals surface area contributed by atoms with Crippen LogP contribution in [0.4, 0.5) is 17.1 Å². The Kier molecular flexibility index (Phi) is 4.80. The molecule has 0 amide bonds. The highest BCUT2D eigenvalue weighted by Gasteiger charge is 2.20. The zero-order valence-corrected chi connectivity index (χ0v) is 15.3. The first-order chi connectivity index (χ1) is 13.2. The molecule has 0 saturated heterocycles. The van der Waals surface area contributed by atoms with Gasteiger partial charge >= 0.3 is 0 Å². The van der Waals surface area contributed by atoms with Crippen molar-refractivity contribution in [2.75, 3.05) is 17.2 Å². The fraction of sp³-hybridized carbons (Fsp3) is 0.0952. The van der Waals surface area contributed by atoms with Crippen LogP contribution in [0.15, 0.2) is 75.2 Å². The van der Waals surface area contributed by atoms with Gasteiger partial charge in [0.2, 0.25) is 0 Å². The van der Waals surface area contributed by atoms with E-state index in [9.17, 15) is 9.59 Å². The SMILES string of the molecule is O=c1c(NCCc2ccc(-c3ccsc3)cc2)c(Nc2ccncc2)c1=O. The van der Waals surface area contributed by atoms with Crippen molar-refractivity contribution < 1.29 is 0 Å². The van der Waals surface area contributed by atoms with Crippen LogP contribution in [-0.2, 0) is 6.42 Å². The fourth-order valence-corrected chi connectivity index (χ4v) is 3.55. The maximum atomic E-state index is 11.9. The standard InChI is InChI=1S/C21H17N3O2S/c25-20-18(19(21(20)26)24-17-6-9-22-10-7-17)23-11-5-14-1-3-15(4-2-14)16-8-12-27-13-16/h1-4,6-10,12-13,23H,5,11H2,(H,22,24). The Morgan fingerprint density at radius 1 is 0.852 bits per heavy atom. The zero-order valence-electron chi connectivity index (χ0n) is 14.4. The highest BCUT2D eigenvalue weighted by Crippen LogP contribution is 2.23. The second kappa shape index (κ2) is 7.55. The van der Waals surface area contributed by atoms with Gasteiger partial charge in [0, 0.05) is 24.6 Å². The predicted molar refractivity (Wildman–Crippen MR) is 111 cm³/mol. The smallest absolute Gasteiger partial charge is 0.253 e. The van der Waals surface area contributed by atoms with E-state index in [-0.39, 0.29) is 0 Å². The molecule has 4 rings (SSSR count). The Labute approximate surface area is 160 Å². The summed E-state index contributed by atoms with van der Waals surface area (Å²) in [5, 5.41) is 10.3. The van der Waals surface area contributed by atoms with Crippen molar-refractivity contribution in [3.63, 3.8) is 0 Å². The molecule has 0 spiro atoms. The molecule has 4 aromatic rings. The molecule has 2 aromatic carbocycles. The number of rotatable bonds is 7. The van der Waals surface area contributed by atoms with E-state index < -0.39 is 10.9 Å². The van der Waals surface area contributed by atoms with Crippen LogP contribution < -0.4 is 21.5 Å². The second-order valence-corrected chi connectivity index (χ2v) is 6.93. The lowest BCUT2D eigenvalue weighted by atomic mass is 10.1. The van der Waals surface area contributed by atoms with Gasteiger partial charge in [-0.15, -0.1) is 0 Å². The van der Waals surface area contributed by atoms with Gasteiger partial charge in [-0.25, -0.2) is 0 Å². The third kappa shape index (κ3) is 3.66. The topological polar surface area (TPSA) is 71.1 Å². The van der Waals surface area contributed by atoms with Crippen molar-refractivity contribution in [2.24, 2.45) is 0 Å². The Morgan fingerprint density at radius 2 is 1.59 bits per heavy atom. The van der Waals surface area contributed by atoms with Crippen LogP contribution >= 0.6 is 11.3 Å². The van der Waals surface area contributed by atoms with Crippen LogP contribution in [0, 0.1) is 0 Å². The quantitative estimate of drug-likeness (QED) is 0.481. The average molecular weight is 375 g/mol. The first kappa shape index (κ1) is 17.2. The lowest BCUT2D eigenvalue weighted by Gasteiger charge is -2.14. The summed E-state index contributed by atoms with van der Waals surface area (Å²) in [5.41, 5.74) is 4.02. The van der Waals surface area contributed by atoms with Crippen LogP contribution in [-0.4, -0.2) is 11.5 Å². The van der Waals surface area contributed by atoms with E-state index in [1.807, 2.05) is 0 Å². The Hall–Kier alpha value is -3.25. The molecule has 0 atom stereocenters. The van der Waals surface area contributed by atoms with E-state index in [0.29, 0.717) is 17.9 Å². The normalized spacial score (nSPS) is 10.8. The minimum Gasteiger partial charge on any atom is -0.380 e. The molecule has 27 heavy (non-hydrogen) atoms. The predicted octanol–water partition coefficient (Wildman–Crippen LogP) is 3.80. The number of pyridine rings is 1. The first-order valence-electron chi connectivity index (χ1n) is 8.58. The van der Waals surface area contributed by atoms with Crippen LogP contribution in [0.5, 0.6) is 0 Å². The molecule has 0 aliphatic rings. The van der Waals surface area contributed by atoms with Crippen molar-refractivity contribution in [2.45, 2.75) is 6.42 Å². The van der Waals surface area contributed by atoms with E-state index in [4.69, 9.17) is 0 Å². The number of anilines is 3. The molecule has 6 heteroatoms. The maximum Gasteiger partial charge on any atom is 0.253 e. The third-order valence-electron chi connectivity index (χ3n) is 4.38. The summed E-state index contributed by atoms with van der Waals surface area (Å²) in [6.07, 6.45) is 4.01. The van der Waals surface area contributed by atoms with Crippen molar-refractivity contribution in [1.29, 1.82) is 0 Å². The minimum atomic E-state index is -0.491. The Balaban J connectivity index is 1.38. The molecule has 0 aliphatic heterocycles. The highest BCUT2D eigenvalue weighted by molar-refractivity contribution is 7.08. The summed E-state index contributed by atoms with van der Waals surface area (Å²) in [4.78, 5) is 27.6. The van der Waals surface area contributed by atoms with E-state index in [1.165, 1.54) is 16.7 Å². The Morgan fingerprint density at radius 3 is 2.30 bits per heavy atom. The number of thiophene rings is 1. The number of hydrogen-bond acceptors (Lipinski definition) is 6. The van der Waals surface area contributed by atoms with E-state index >= 15 is 0 Å². The Bertz CT molecular complexity index is 1100. The van der Waals surface area contributed by atoms with Crippen molar-refractivity contribution in [3.05, 3.63) is 91.6 Å². The number of benzene rings is 1. The van der Waals surface area contributed by atoms with Gasteiger partial charge in [0.1, 0.15) is 11.4 Å². The van der Waals surface area contributed by atoms with Gasteiger partial charge in [-0.3, -0.25) is 14.6 Å². The summed E-state index contributed by atoms with van der Waals surface area (Å²) in [6, 6.07) is 14.0. The number of nitrogens with zero attached hydrogens (tertiary/aromatic N) is 1. The molecule has 2 heterocycles. The second-order valence-electron chi connectivity index (χ2n) is 6.15. The average Bonchev–Trinajstić information content (AvgIpc) is 3.26. The van der Waals surface area contributed by atoms with Gasteiger partial charge in [0.05, 0.1) is 0 Å². The molecule has 0 saturated carbocycles. The molecule has 2 N–H and O–H groups in total. The number of nitrogens with one attached hydrogen (secondary N) is 2. The van der Waals surface area contributed by atoms with Crippen LogP contribution in [0.1, 0.15) is 5.56 Å². The monoisotopic (exact) mass is 375 g/mol. The van der Waals surface area contributed by atoms with Gasteiger partial charge in [-0.2, -0.15) is 11.3 Å². The number of hydrogen-bond donors (Lipinski definition) is 2. The molecule has 0 unspecified atom stereocenters. The molecule has 134 valence electrons. The fourth-order valence-electron chi connectivity index (χ4n) is 2.88. The number of aromatic nitrogens is 1. The first-order valence-corrected chi connectivity index (χ1v) is 9.52. The van der Waals surface area contributed by atoms with Crippen LogP contribution in [0.3, 0.4) is 0 Å². The lowest BCUT2D eigenvalue weighted by Crippen LogP contribution is -2.37. The van der Waals surface area contributed by atoms with E-state index in [0.717, 1.165) is 12.1 Å². The molecule has 0 radical (unpaired) electrons. The summed E-state index contributed by atoms with van der Waals surface area (Å²) in [6.45, 7) is 0.577. The zero-order chi connectivity index (χ0) is 18.6. The molecule has 0 aliphatic carbocycles. The summed E-state index contributed by atoms with van der Waals surface area (Å²) in [7, 11) is 0. The summed E-state index contributed by atoms with van der Waals surface area (Å²) < 4.78 is 0. The van der Waals surface area contributed by atoms with Crippen molar-refractivity contribution >= 4 is 28.4 Å². The van der Waals surface area contributed by atoms with Gasteiger partial charge in [-0.1, -0.05) is 24.3 Å². The molecular formula is C21H17N3O2S. The third-order valence-corrected chi connectivity index (χ3v) is 5.07. The molecule has 0 fully saturated rings. The van der Waals surface area contributed by atoms with Gasteiger partial charge < -0.3 is 10.6 Å². The van der Waals surface area contributed by atoms with Crippen molar-refractivity contribution in [3.8, 4) is 11.1 Å². The van der Waals surface area contributed by atoms with E-state index in [2.05, 4.69) is 56.7 Å². The summed E-state index contributed by atoms with van der Waals surface area (Å²) in [5.74, 6) is 0. The molecule has 5 nitrogen and oxygen atoms in total. The van der Waals surface area contributed by atoms with Gasteiger partial charge in [-0.05, 0) is 52.1 Å². The highest BCUT2D eigenvalue weighted by atomic mass is 32.1. The molecule has 2 aromatic heterocycles. The minimum absolute atomic E-state index is 0.319. The summed E-state index contributed by atoms with van der Waals surface area (Å²) >= 11 is 1.68. The van der Waals surface area contributed by atoms with Crippen LogP contribution in [0.25, 0.3) is 11.1 Å². The van der Waals surface area contributed by atoms with Crippen LogP contribution in [0.2, 0.25) is 0 Å². The maximum absolute atomic E-state index is 11.9. The van der Waals surface area contributed by atoms with Gasteiger partial charge in [0.15, 0.2) is 0 Å². The van der Waals surface area contributed by atoms with Gasteiger partial charge in [0.25, 0.3) is 10.9 Å². The molecule has 0 bridgehead atoms.